The van der Waals surface area contributed by atoms with Gasteiger partial charge in [0.05, 0.1) is 13.7 Å². The van der Waals surface area contributed by atoms with E-state index in [1.807, 2.05) is 50.2 Å². The first-order valence-corrected chi connectivity index (χ1v) is 10.3. The second-order valence-electron chi connectivity index (χ2n) is 6.41. The van der Waals surface area contributed by atoms with Crippen LogP contribution in [0.3, 0.4) is 0 Å². The molecule has 31 heavy (non-hydrogen) atoms. The van der Waals surface area contributed by atoms with Gasteiger partial charge in [0.25, 0.3) is 5.91 Å². The van der Waals surface area contributed by atoms with Gasteiger partial charge in [0.15, 0.2) is 24.1 Å². The average molecular weight is 561 g/mol. The lowest BCUT2D eigenvalue weighted by atomic mass is 10.2. The van der Waals surface area contributed by atoms with Gasteiger partial charge in [0.2, 0.25) is 0 Å². The van der Waals surface area contributed by atoms with Crippen LogP contribution < -0.4 is 25.4 Å². The van der Waals surface area contributed by atoms with Crippen LogP contribution in [0.2, 0.25) is 5.02 Å². The first-order valence-electron chi connectivity index (χ1n) is 9.88. The summed E-state index contributed by atoms with van der Waals surface area (Å²) in [6.45, 7) is 6.21. The number of aliphatic imine (C=N–C) groups is 1. The fraction of sp³-hybridized carbons (Fsp3) is 0.364. The van der Waals surface area contributed by atoms with Crippen LogP contribution in [0.25, 0.3) is 0 Å². The monoisotopic (exact) mass is 560 g/mol. The highest BCUT2D eigenvalue weighted by Gasteiger charge is 2.09. The van der Waals surface area contributed by atoms with Gasteiger partial charge in [-0.25, -0.2) is 4.99 Å². The van der Waals surface area contributed by atoms with Gasteiger partial charge in [-0.3, -0.25) is 4.79 Å². The fourth-order valence-corrected chi connectivity index (χ4v) is 2.88. The smallest absolute Gasteiger partial charge is 0.257 e. The predicted molar refractivity (Wildman–Crippen MR) is 136 cm³/mol. The number of nitrogens with one attached hydrogen (secondary N) is 3. The van der Waals surface area contributed by atoms with E-state index in [4.69, 9.17) is 21.1 Å². The van der Waals surface area contributed by atoms with E-state index in [1.165, 1.54) is 0 Å². The van der Waals surface area contributed by atoms with E-state index in [-0.39, 0.29) is 36.5 Å². The van der Waals surface area contributed by atoms with Crippen LogP contribution in [0.4, 0.5) is 0 Å². The Bertz CT molecular complexity index is 864. The van der Waals surface area contributed by atoms with E-state index in [0.717, 1.165) is 17.7 Å². The van der Waals surface area contributed by atoms with Crippen molar-refractivity contribution in [2.75, 3.05) is 26.8 Å². The number of hydrogen-bond acceptors (Lipinski definition) is 4. The number of methoxy groups -OCH3 is 1. The maximum atomic E-state index is 11.6. The Kier molecular flexibility index (Phi) is 12.8. The third-order valence-corrected chi connectivity index (χ3v) is 4.31. The Morgan fingerprint density at radius 1 is 1.00 bits per heavy atom. The van der Waals surface area contributed by atoms with Crippen molar-refractivity contribution in [2.45, 2.75) is 26.9 Å². The average Bonchev–Trinajstić information content (AvgIpc) is 2.74. The Labute approximate surface area is 206 Å². The molecule has 0 atom stereocenters. The molecule has 0 radical (unpaired) electrons. The van der Waals surface area contributed by atoms with E-state index < -0.39 is 0 Å². The Hall–Kier alpha value is -2.20. The molecule has 170 valence electrons. The zero-order chi connectivity index (χ0) is 21.8. The second kappa shape index (κ2) is 14.7. The summed E-state index contributed by atoms with van der Waals surface area (Å²) in [7, 11) is 1.57. The van der Waals surface area contributed by atoms with Crippen LogP contribution in [0.5, 0.6) is 11.5 Å². The van der Waals surface area contributed by atoms with E-state index in [1.54, 1.807) is 13.2 Å². The minimum atomic E-state index is -0.170. The molecule has 3 N–H and O–H groups in total. The maximum absolute atomic E-state index is 11.6. The third kappa shape index (κ3) is 9.65. The van der Waals surface area contributed by atoms with Crippen LogP contribution in [0, 0.1) is 0 Å². The quantitative estimate of drug-likeness (QED) is 0.234. The van der Waals surface area contributed by atoms with Gasteiger partial charge >= 0.3 is 0 Å². The molecule has 0 saturated carbocycles. The highest BCUT2D eigenvalue weighted by Crippen LogP contribution is 2.28. The normalized spacial score (nSPS) is 10.6. The lowest BCUT2D eigenvalue weighted by Crippen LogP contribution is -2.36. The second-order valence-corrected chi connectivity index (χ2v) is 6.84. The zero-order valence-corrected chi connectivity index (χ0v) is 21.1. The SMILES string of the molecule is CCNC(=O)COc1ccc(CNC(=NCc2cccc(Cl)c2)NCC)cc1OC.I. The van der Waals surface area contributed by atoms with Crippen LogP contribution in [0.1, 0.15) is 25.0 Å². The lowest BCUT2D eigenvalue weighted by Gasteiger charge is -2.14. The summed E-state index contributed by atoms with van der Waals surface area (Å²) in [6, 6.07) is 13.2. The molecule has 2 rings (SSSR count). The molecule has 0 bridgehead atoms. The molecule has 0 spiro atoms. The van der Waals surface area contributed by atoms with Crippen molar-refractivity contribution in [1.82, 2.24) is 16.0 Å². The van der Waals surface area contributed by atoms with Gasteiger partial charge in [-0.1, -0.05) is 29.8 Å². The summed E-state index contributed by atoms with van der Waals surface area (Å²) >= 11 is 6.04. The minimum Gasteiger partial charge on any atom is -0.493 e. The fourth-order valence-electron chi connectivity index (χ4n) is 2.67. The molecular weight excluding hydrogens is 531 g/mol. The molecule has 9 heteroatoms. The van der Waals surface area contributed by atoms with Gasteiger partial charge in [-0.2, -0.15) is 0 Å². The molecule has 0 saturated heterocycles. The summed E-state index contributed by atoms with van der Waals surface area (Å²) in [5.41, 5.74) is 2.03. The van der Waals surface area contributed by atoms with Crippen molar-refractivity contribution in [1.29, 1.82) is 0 Å². The number of halogens is 2. The minimum absolute atomic E-state index is 0. The van der Waals surface area contributed by atoms with Crippen LogP contribution in [-0.4, -0.2) is 38.7 Å². The topological polar surface area (TPSA) is 84.0 Å². The first-order chi connectivity index (χ1) is 14.5. The molecule has 0 aliphatic heterocycles. The van der Waals surface area contributed by atoms with Gasteiger partial charge in [0.1, 0.15) is 0 Å². The molecule has 0 aromatic heterocycles. The Morgan fingerprint density at radius 2 is 1.77 bits per heavy atom. The van der Waals surface area contributed by atoms with Gasteiger partial charge < -0.3 is 25.4 Å². The van der Waals surface area contributed by atoms with Crippen LogP contribution >= 0.6 is 35.6 Å². The molecule has 2 aromatic rings. The standard InChI is InChI=1S/C22H29ClN4O3.HI/c1-4-24-21(28)15-30-19-10-9-17(12-20(19)29-3)14-27-22(25-5-2)26-13-16-7-6-8-18(23)11-16;/h6-12H,4-5,13-15H2,1-3H3,(H,24,28)(H2,25,26,27);1H. The highest BCUT2D eigenvalue weighted by molar-refractivity contribution is 14.0. The number of hydrogen-bond donors (Lipinski definition) is 3. The largest absolute Gasteiger partial charge is 0.493 e. The van der Waals surface area contributed by atoms with Crippen LogP contribution in [0.15, 0.2) is 47.5 Å². The van der Waals surface area contributed by atoms with Crippen molar-refractivity contribution >= 4 is 47.4 Å². The molecule has 7 nitrogen and oxygen atoms in total. The molecule has 0 aliphatic rings. The Morgan fingerprint density at radius 3 is 2.45 bits per heavy atom. The van der Waals surface area contributed by atoms with Crippen LogP contribution in [-0.2, 0) is 17.9 Å². The number of amides is 1. The zero-order valence-electron chi connectivity index (χ0n) is 18.0. The molecular formula is C22H30ClIN4O3. The molecule has 2 aromatic carbocycles. The van der Waals surface area contributed by atoms with Crippen molar-refractivity contribution in [2.24, 2.45) is 4.99 Å². The number of benzene rings is 2. The van der Waals surface area contributed by atoms with Crippen molar-refractivity contribution in [3.8, 4) is 11.5 Å². The van der Waals surface area contributed by atoms with Gasteiger partial charge in [-0.05, 0) is 49.2 Å². The lowest BCUT2D eigenvalue weighted by molar-refractivity contribution is -0.123. The Balaban J connectivity index is 0.00000480. The highest BCUT2D eigenvalue weighted by atomic mass is 127. The van der Waals surface area contributed by atoms with Crippen molar-refractivity contribution < 1.29 is 14.3 Å². The first kappa shape index (κ1) is 26.8. The summed E-state index contributed by atoms with van der Waals surface area (Å²) in [5, 5.41) is 9.92. The number of likely N-dealkylation sites (N-methyl/N-ethyl adjacent to an activating group) is 1. The van der Waals surface area contributed by atoms with E-state index in [2.05, 4.69) is 20.9 Å². The van der Waals surface area contributed by atoms with E-state index >= 15 is 0 Å². The number of guanidine groups is 1. The summed E-state index contributed by atoms with van der Waals surface area (Å²) in [4.78, 5) is 16.2. The third-order valence-electron chi connectivity index (χ3n) is 4.07. The number of rotatable bonds is 10. The number of ether oxygens (including phenoxy) is 2. The molecule has 1 amide bonds. The number of carbonyl (C=O) groups excluding carboxylic acids is 1. The maximum Gasteiger partial charge on any atom is 0.257 e. The molecule has 0 heterocycles. The van der Waals surface area contributed by atoms with Gasteiger partial charge in [-0.15, -0.1) is 24.0 Å². The molecule has 0 aliphatic carbocycles. The number of carbonyl (C=O) groups is 1. The van der Waals surface area contributed by atoms with E-state index in [9.17, 15) is 4.79 Å². The van der Waals surface area contributed by atoms with Crippen molar-refractivity contribution in [3.05, 3.63) is 58.6 Å². The van der Waals surface area contributed by atoms with Crippen molar-refractivity contribution in [3.63, 3.8) is 0 Å². The number of nitrogens with zero attached hydrogens (tertiary/aromatic N) is 1. The summed E-state index contributed by atoms with van der Waals surface area (Å²) < 4.78 is 11.0. The van der Waals surface area contributed by atoms with Gasteiger partial charge in [0, 0.05) is 24.7 Å². The molecule has 0 unspecified atom stereocenters. The summed E-state index contributed by atoms with van der Waals surface area (Å²) in [5.74, 6) is 1.62. The molecule has 0 fully saturated rings. The predicted octanol–water partition coefficient (Wildman–Crippen LogP) is 3.74. The summed E-state index contributed by atoms with van der Waals surface area (Å²) in [6.07, 6.45) is 0. The van der Waals surface area contributed by atoms with E-state index in [0.29, 0.717) is 42.1 Å².